The normalized spacial score (nSPS) is 10.8. The monoisotopic (exact) mass is 306 g/mol. The van der Waals surface area contributed by atoms with Crippen molar-refractivity contribution >= 4 is 17.3 Å². The van der Waals surface area contributed by atoms with E-state index >= 15 is 0 Å². The van der Waals surface area contributed by atoms with Gasteiger partial charge in [-0.2, -0.15) is 16.3 Å². The average Bonchev–Trinajstić information content (AvgIpc) is 2.94. The molecule has 0 atom stereocenters. The van der Waals surface area contributed by atoms with Crippen molar-refractivity contribution in [2.24, 2.45) is 0 Å². The lowest BCUT2D eigenvalue weighted by Gasteiger charge is -2.17. The Balaban J connectivity index is 2.58. The van der Waals surface area contributed by atoms with Gasteiger partial charge < -0.3 is 5.11 Å². The Hall–Kier alpha value is -1.95. The van der Waals surface area contributed by atoms with Gasteiger partial charge in [-0.3, -0.25) is 9.36 Å². The minimum absolute atomic E-state index is 0.0940. The van der Waals surface area contributed by atoms with E-state index in [1.807, 2.05) is 30.7 Å². The third-order valence-corrected chi connectivity index (χ3v) is 4.13. The van der Waals surface area contributed by atoms with Crippen LogP contribution in [0.3, 0.4) is 0 Å². The summed E-state index contributed by atoms with van der Waals surface area (Å²) in [6, 6.07) is 1.96. The second-order valence-corrected chi connectivity index (χ2v) is 5.54. The zero-order chi connectivity index (χ0) is 15.4. The molecule has 112 valence electrons. The SMILES string of the molecule is CCc1nc(=O)n(Cc2ccsc2)c(CC)c1CC(=O)O. The minimum Gasteiger partial charge on any atom is -0.481 e. The molecular weight excluding hydrogens is 288 g/mol. The van der Waals surface area contributed by atoms with Crippen LogP contribution in [0.2, 0.25) is 0 Å². The number of aromatic nitrogens is 2. The summed E-state index contributed by atoms with van der Waals surface area (Å²) in [6.07, 6.45) is 1.07. The number of hydrogen-bond donors (Lipinski definition) is 1. The maximum absolute atomic E-state index is 12.3. The van der Waals surface area contributed by atoms with E-state index < -0.39 is 5.97 Å². The van der Waals surface area contributed by atoms with Crippen LogP contribution in [0.1, 0.15) is 36.4 Å². The van der Waals surface area contributed by atoms with Gasteiger partial charge >= 0.3 is 11.7 Å². The van der Waals surface area contributed by atoms with Crippen LogP contribution in [0, 0.1) is 0 Å². The lowest BCUT2D eigenvalue weighted by Crippen LogP contribution is -2.30. The molecule has 21 heavy (non-hydrogen) atoms. The minimum atomic E-state index is -0.901. The van der Waals surface area contributed by atoms with Gasteiger partial charge in [0.25, 0.3) is 0 Å². The summed E-state index contributed by atoms with van der Waals surface area (Å²) in [5, 5.41) is 13.0. The summed E-state index contributed by atoms with van der Waals surface area (Å²) < 4.78 is 1.60. The van der Waals surface area contributed by atoms with Crippen molar-refractivity contribution in [3.63, 3.8) is 0 Å². The summed E-state index contributed by atoms with van der Waals surface area (Å²) in [5.74, 6) is -0.901. The molecule has 0 spiro atoms. The van der Waals surface area contributed by atoms with Crippen molar-refractivity contribution in [1.82, 2.24) is 9.55 Å². The summed E-state index contributed by atoms with van der Waals surface area (Å²) in [4.78, 5) is 27.4. The third kappa shape index (κ3) is 3.39. The van der Waals surface area contributed by atoms with Crippen LogP contribution < -0.4 is 5.69 Å². The van der Waals surface area contributed by atoms with E-state index in [1.54, 1.807) is 15.9 Å². The molecule has 0 saturated carbocycles. The zero-order valence-electron chi connectivity index (χ0n) is 12.1. The molecule has 2 aromatic rings. The number of nitrogens with zero attached hydrogens (tertiary/aromatic N) is 2. The quantitative estimate of drug-likeness (QED) is 0.887. The van der Waals surface area contributed by atoms with Gasteiger partial charge in [0.05, 0.1) is 18.7 Å². The molecule has 0 aliphatic rings. The van der Waals surface area contributed by atoms with Crippen LogP contribution in [-0.4, -0.2) is 20.6 Å². The van der Waals surface area contributed by atoms with E-state index in [4.69, 9.17) is 5.11 Å². The van der Waals surface area contributed by atoms with Gasteiger partial charge in [-0.05, 0) is 35.2 Å². The Labute approximate surface area is 126 Å². The molecule has 6 heteroatoms. The number of hydrogen-bond acceptors (Lipinski definition) is 4. The lowest BCUT2D eigenvalue weighted by molar-refractivity contribution is -0.136. The molecule has 0 fully saturated rings. The van der Waals surface area contributed by atoms with E-state index in [-0.39, 0.29) is 12.1 Å². The number of aliphatic carboxylic acids is 1. The summed E-state index contributed by atoms with van der Waals surface area (Å²) >= 11 is 1.57. The van der Waals surface area contributed by atoms with Crippen molar-refractivity contribution in [3.8, 4) is 0 Å². The molecule has 2 aromatic heterocycles. The van der Waals surface area contributed by atoms with Gasteiger partial charge in [-0.15, -0.1) is 0 Å². The van der Waals surface area contributed by atoms with Crippen LogP contribution in [-0.2, 0) is 30.6 Å². The van der Waals surface area contributed by atoms with Crippen LogP contribution in [0.25, 0.3) is 0 Å². The molecule has 0 bridgehead atoms. The molecule has 2 heterocycles. The highest BCUT2D eigenvalue weighted by molar-refractivity contribution is 7.07. The number of rotatable bonds is 6. The third-order valence-electron chi connectivity index (χ3n) is 3.40. The fraction of sp³-hybridized carbons (Fsp3) is 0.400. The molecule has 0 aromatic carbocycles. The standard InChI is InChI=1S/C15H18N2O3S/c1-3-12-11(7-14(18)19)13(4-2)17(15(20)16-12)8-10-5-6-21-9-10/h5-6,9H,3-4,7-8H2,1-2H3,(H,18,19). The van der Waals surface area contributed by atoms with Crippen LogP contribution in [0.15, 0.2) is 21.6 Å². The number of carbonyl (C=O) groups is 1. The lowest BCUT2D eigenvalue weighted by atomic mass is 10.0. The first-order valence-corrected chi connectivity index (χ1v) is 7.85. The van der Waals surface area contributed by atoms with E-state index in [9.17, 15) is 9.59 Å². The van der Waals surface area contributed by atoms with E-state index in [2.05, 4.69) is 4.98 Å². The molecule has 0 saturated heterocycles. The first-order chi connectivity index (χ1) is 10.1. The molecule has 5 nitrogen and oxygen atoms in total. The summed E-state index contributed by atoms with van der Waals surface area (Å²) in [6.45, 7) is 4.26. The smallest absolute Gasteiger partial charge is 0.348 e. The number of carboxylic acid groups (broad SMARTS) is 1. The first kappa shape index (κ1) is 15.4. The van der Waals surface area contributed by atoms with Crippen molar-refractivity contribution in [2.45, 2.75) is 39.7 Å². The van der Waals surface area contributed by atoms with Gasteiger partial charge in [0, 0.05) is 11.3 Å². The number of aryl methyl sites for hydroxylation is 1. The molecule has 0 aliphatic carbocycles. The molecule has 0 amide bonds. The fourth-order valence-electron chi connectivity index (χ4n) is 2.47. The topological polar surface area (TPSA) is 72.2 Å². The van der Waals surface area contributed by atoms with Crippen molar-refractivity contribution in [3.05, 3.63) is 49.8 Å². The Bertz CT molecular complexity index is 690. The van der Waals surface area contributed by atoms with Gasteiger partial charge in [0.1, 0.15) is 0 Å². The Morgan fingerprint density at radius 1 is 1.38 bits per heavy atom. The maximum Gasteiger partial charge on any atom is 0.348 e. The molecule has 1 N–H and O–H groups in total. The number of carboxylic acids is 1. The Kier molecular flexibility index (Phi) is 4.90. The van der Waals surface area contributed by atoms with Gasteiger partial charge in [-0.25, -0.2) is 4.79 Å². The van der Waals surface area contributed by atoms with E-state index in [0.29, 0.717) is 30.6 Å². The van der Waals surface area contributed by atoms with Crippen LogP contribution in [0.4, 0.5) is 0 Å². The highest BCUT2D eigenvalue weighted by Crippen LogP contribution is 2.16. The summed E-state index contributed by atoms with van der Waals surface area (Å²) in [7, 11) is 0. The average molecular weight is 306 g/mol. The predicted molar refractivity (Wildman–Crippen MR) is 82.0 cm³/mol. The van der Waals surface area contributed by atoms with E-state index in [1.165, 1.54) is 0 Å². The highest BCUT2D eigenvalue weighted by Gasteiger charge is 2.17. The Morgan fingerprint density at radius 2 is 2.14 bits per heavy atom. The molecule has 0 radical (unpaired) electrons. The molecule has 0 aliphatic heterocycles. The van der Waals surface area contributed by atoms with E-state index in [0.717, 1.165) is 11.3 Å². The first-order valence-electron chi connectivity index (χ1n) is 6.91. The second kappa shape index (κ2) is 6.67. The highest BCUT2D eigenvalue weighted by atomic mass is 32.1. The summed E-state index contributed by atoms with van der Waals surface area (Å²) in [5.41, 5.74) is 2.79. The largest absolute Gasteiger partial charge is 0.481 e. The second-order valence-electron chi connectivity index (χ2n) is 4.76. The van der Waals surface area contributed by atoms with Gasteiger partial charge in [-0.1, -0.05) is 13.8 Å². The number of thiophene rings is 1. The van der Waals surface area contributed by atoms with Gasteiger partial charge in [0.15, 0.2) is 0 Å². The molecule has 0 unspecified atom stereocenters. The van der Waals surface area contributed by atoms with Crippen LogP contribution >= 0.6 is 11.3 Å². The maximum atomic E-state index is 12.3. The van der Waals surface area contributed by atoms with Gasteiger partial charge in [0.2, 0.25) is 0 Å². The molecule has 2 rings (SSSR count). The predicted octanol–water partition coefficient (Wildman–Crippen LogP) is 2.10. The van der Waals surface area contributed by atoms with Crippen molar-refractivity contribution in [1.29, 1.82) is 0 Å². The fourth-order valence-corrected chi connectivity index (χ4v) is 3.13. The zero-order valence-corrected chi connectivity index (χ0v) is 12.9. The Morgan fingerprint density at radius 3 is 2.67 bits per heavy atom. The van der Waals surface area contributed by atoms with Crippen molar-refractivity contribution in [2.75, 3.05) is 0 Å². The van der Waals surface area contributed by atoms with Crippen LogP contribution in [0.5, 0.6) is 0 Å². The van der Waals surface area contributed by atoms with Crippen molar-refractivity contribution < 1.29 is 9.90 Å². The molecular formula is C15H18N2O3S.